The third-order valence-corrected chi connectivity index (χ3v) is 6.29. The van der Waals surface area contributed by atoms with Crippen molar-refractivity contribution in [3.63, 3.8) is 0 Å². The molecular weight excluding hydrogens is 287 g/mol. The van der Waals surface area contributed by atoms with Crippen LogP contribution in [0.1, 0.15) is 37.7 Å². The normalized spacial score (nSPS) is 37.0. The molecule has 4 aliphatic rings. The monoisotopic (exact) mass is 306 g/mol. The number of ketones is 1. The number of benzene rings is 1. The first-order valence-electron chi connectivity index (χ1n) is 8.07. The van der Waals surface area contributed by atoms with Crippen LogP contribution in [0, 0.1) is 35.4 Å². The predicted octanol–water partition coefficient (Wildman–Crippen LogP) is 4.66. The van der Waals surface area contributed by atoms with E-state index in [4.69, 9.17) is 11.6 Å². The van der Waals surface area contributed by atoms with E-state index in [2.05, 4.69) is 0 Å². The maximum absolute atomic E-state index is 14.0. The lowest BCUT2D eigenvalue weighted by Gasteiger charge is -2.53. The van der Waals surface area contributed by atoms with E-state index in [9.17, 15) is 9.18 Å². The summed E-state index contributed by atoms with van der Waals surface area (Å²) in [6, 6.07) is 4.95. The van der Waals surface area contributed by atoms with Crippen molar-refractivity contribution >= 4 is 17.4 Å². The van der Waals surface area contributed by atoms with Crippen molar-refractivity contribution in [2.24, 2.45) is 29.6 Å². The zero-order valence-electron chi connectivity index (χ0n) is 12.0. The van der Waals surface area contributed by atoms with Crippen LogP contribution >= 0.6 is 11.6 Å². The van der Waals surface area contributed by atoms with Crippen LogP contribution in [0.25, 0.3) is 0 Å². The molecule has 1 aromatic rings. The Bertz CT molecular complexity index is 555. The third-order valence-electron chi connectivity index (χ3n) is 5.99. The summed E-state index contributed by atoms with van der Waals surface area (Å²) in [4.78, 5) is 12.8. The van der Waals surface area contributed by atoms with Gasteiger partial charge in [0.1, 0.15) is 11.6 Å². The van der Waals surface area contributed by atoms with Gasteiger partial charge in [-0.25, -0.2) is 4.39 Å². The van der Waals surface area contributed by atoms with Crippen molar-refractivity contribution in [2.45, 2.75) is 38.5 Å². The molecule has 0 saturated heterocycles. The zero-order valence-corrected chi connectivity index (χ0v) is 12.8. The van der Waals surface area contributed by atoms with Gasteiger partial charge in [0.15, 0.2) is 0 Å². The highest BCUT2D eigenvalue weighted by Gasteiger charge is 2.50. The Kier molecular flexibility index (Phi) is 3.33. The van der Waals surface area contributed by atoms with Gasteiger partial charge in [-0.1, -0.05) is 23.7 Å². The van der Waals surface area contributed by atoms with Crippen molar-refractivity contribution in [3.05, 3.63) is 34.6 Å². The molecule has 0 unspecified atom stereocenters. The minimum absolute atomic E-state index is 0.116. The van der Waals surface area contributed by atoms with Gasteiger partial charge in [0.05, 0.1) is 5.02 Å². The summed E-state index contributed by atoms with van der Waals surface area (Å²) in [5.74, 6) is 2.85. The fourth-order valence-electron chi connectivity index (χ4n) is 5.44. The first-order chi connectivity index (χ1) is 10.1. The molecule has 0 radical (unpaired) electrons. The Hall–Kier alpha value is -0.890. The van der Waals surface area contributed by atoms with Crippen LogP contribution in [0.4, 0.5) is 4.39 Å². The summed E-state index contributed by atoms with van der Waals surface area (Å²) in [6.45, 7) is 0. The predicted molar refractivity (Wildman–Crippen MR) is 80.7 cm³/mol. The number of hydrogen-bond acceptors (Lipinski definition) is 1. The summed E-state index contributed by atoms with van der Waals surface area (Å²) >= 11 is 5.82. The first kappa shape index (κ1) is 13.8. The summed E-state index contributed by atoms with van der Waals surface area (Å²) < 4.78 is 14.0. The number of carbonyl (C=O) groups excluding carboxylic acids is 1. The van der Waals surface area contributed by atoms with Crippen LogP contribution in [-0.4, -0.2) is 5.78 Å². The molecule has 0 heterocycles. The van der Waals surface area contributed by atoms with Gasteiger partial charge >= 0.3 is 0 Å². The second-order valence-electron chi connectivity index (χ2n) is 7.31. The van der Waals surface area contributed by atoms with Gasteiger partial charge in [-0.15, -0.1) is 0 Å². The van der Waals surface area contributed by atoms with E-state index in [-0.39, 0.29) is 23.1 Å². The van der Waals surface area contributed by atoms with E-state index < -0.39 is 5.82 Å². The first-order valence-corrected chi connectivity index (χ1v) is 8.45. The number of rotatable bonds is 3. The van der Waals surface area contributed by atoms with Gasteiger partial charge in [0.25, 0.3) is 0 Å². The lowest BCUT2D eigenvalue weighted by Crippen LogP contribution is -2.48. The van der Waals surface area contributed by atoms with Crippen LogP contribution in [-0.2, 0) is 11.2 Å². The minimum atomic E-state index is -0.420. The highest BCUT2D eigenvalue weighted by molar-refractivity contribution is 6.30. The molecule has 0 aliphatic heterocycles. The molecule has 4 bridgehead atoms. The van der Waals surface area contributed by atoms with Gasteiger partial charge in [0.2, 0.25) is 0 Å². The third kappa shape index (κ3) is 2.32. The summed E-state index contributed by atoms with van der Waals surface area (Å²) in [5.41, 5.74) is 0.460. The minimum Gasteiger partial charge on any atom is -0.299 e. The zero-order chi connectivity index (χ0) is 14.6. The van der Waals surface area contributed by atoms with Crippen molar-refractivity contribution in [1.82, 2.24) is 0 Å². The number of Topliss-reactive ketones (excluding diaryl/α,β-unsaturated/α-hetero) is 1. The van der Waals surface area contributed by atoms with Crippen molar-refractivity contribution in [2.75, 3.05) is 0 Å². The van der Waals surface area contributed by atoms with E-state index in [1.807, 2.05) is 0 Å². The van der Waals surface area contributed by atoms with E-state index in [1.54, 1.807) is 12.1 Å². The lowest BCUT2D eigenvalue weighted by atomic mass is 9.51. The second-order valence-corrected chi connectivity index (χ2v) is 7.72. The fourth-order valence-corrected chi connectivity index (χ4v) is 5.64. The molecule has 0 atom stereocenters. The summed E-state index contributed by atoms with van der Waals surface area (Å²) in [6.07, 6.45) is 6.49. The number of carbonyl (C=O) groups is 1. The Morgan fingerprint density at radius 3 is 2.33 bits per heavy atom. The van der Waals surface area contributed by atoms with Crippen LogP contribution in [0.5, 0.6) is 0 Å². The molecule has 4 fully saturated rings. The Balaban J connectivity index is 1.54. The molecule has 3 heteroatoms. The number of hydrogen-bond donors (Lipinski definition) is 0. The molecule has 0 spiro atoms. The molecule has 5 rings (SSSR count). The molecule has 0 amide bonds. The average molecular weight is 307 g/mol. The largest absolute Gasteiger partial charge is 0.299 e. The smallest absolute Gasteiger partial charge is 0.145 e. The molecule has 0 aromatic heterocycles. The van der Waals surface area contributed by atoms with Gasteiger partial charge in [-0.05, 0) is 67.4 Å². The highest BCUT2D eigenvalue weighted by atomic mass is 35.5. The fraction of sp³-hybridized carbons (Fsp3) is 0.611. The highest BCUT2D eigenvalue weighted by Crippen LogP contribution is 2.56. The molecular formula is C18H20ClFO. The van der Waals surface area contributed by atoms with Gasteiger partial charge < -0.3 is 0 Å². The lowest BCUT2D eigenvalue weighted by molar-refractivity contribution is -0.135. The van der Waals surface area contributed by atoms with Crippen molar-refractivity contribution in [1.29, 1.82) is 0 Å². The maximum Gasteiger partial charge on any atom is 0.145 e. The standard InChI is InChI=1S/C18H20ClFO/c19-15-3-1-2-12(18(15)20)9-16(21)17-13-5-10-4-11(7-13)8-14(17)6-10/h1-3,10-11,13-14,17H,4-9H2. The Morgan fingerprint density at radius 1 is 1.10 bits per heavy atom. The molecule has 21 heavy (non-hydrogen) atoms. The van der Waals surface area contributed by atoms with Gasteiger partial charge in [-0.3, -0.25) is 4.79 Å². The molecule has 112 valence electrons. The van der Waals surface area contributed by atoms with Crippen LogP contribution < -0.4 is 0 Å². The molecule has 4 aliphatic carbocycles. The molecule has 4 saturated carbocycles. The average Bonchev–Trinajstić information content (AvgIpc) is 2.42. The molecule has 0 N–H and O–H groups in total. The summed E-state index contributed by atoms with van der Waals surface area (Å²) in [7, 11) is 0. The van der Waals surface area contributed by atoms with Crippen LogP contribution in [0.3, 0.4) is 0 Å². The summed E-state index contributed by atoms with van der Waals surface area (Å²) in [5, 5.41) is 0.116. The van der Waals surface area contributed by atoms with Crippen molar-refractivity contribution < 1.29 is 9.18 Å². The van der Waals surface area contributed by atoms with E-state index in [0.29, 0.717) is 17.4 Å². The van der Waals surface area contributed by atoms with Gasteiger partial charge in [-0.2, -0.15) is 0 Å². The van der Waals surface area contributed by atoms with Crippen molar-refractivity contribution in [3.8, 4) is 0 Å². The Morgan fingerprint density at radius 2 is 1.71 bits per heavy atom. The van der Waals surface area contributed by atoms with E-state index >= 15 is 0 Å². The molecule has 1 nitrogen and oxygen atoms in total. The second kappa shape index (κ2) is 5.08. The van der Waals surface area contributed by atoms with E-state index in [0.717, 1.165) is 11.8 Å². The van der Waals surface area contributed by atoms with Crippen LogP contribution in [0.15, 0.2) is 18.2 Å². The van der Waals surface area contributed by atoms with E-state index in [1.165, 1.54) is 38.2 Å². The SMILES string of the molecule is O=C(Cc1cccc(Cl)c1F)C1C2CC3CC(C2)CC1C3. The Labute approximate surface area is 129 Å². The topological polar surface area (TPSA) is 17.1 Å². The van der Waals surface area contributed by atoms with Gasteiger partial charge in [0, 0.05) is 12.3 Å². The quantitative estimate of drug-likeness (QED) is 0.793. The maximum atomic E-state index is 14.0. The molecule has 1 aromatic carbocycles. The number of halogens is 2. The van der Waals surface area contributed by atoms with Crippen LogP contribution in [0.2, 0.25) is 5.02 Å².